The molecule has 0 radical (unpaired) electrons. The van der Waals surface area contributed by atoms with Crippen LogP contribution in [0.4, 0.5) is 5.69 Å². The lowest BCUT2D eigenvalue weighted by atomic mass is 10.2. The van der Waals surface area contributed by atoms with Gasteiger partial charge in [0.05, 0.1) is 11.8 Å². The summed E-state index contributed by atoms with van der Waals surface area (Å²) in [5.41, 5.74) is 4.90. The van der Waals surface area contributed by atoms with Crippen LogP contribution in [0.15, 0.2) is 53.6 Å². The van der Waals surface area contributed by atoms with Gasteiger partial charge in [0.25, 0.3) is 5.91 Å². The van der Waals surface area contributed by atoms with Crippen molar-refractivity contribution in [1.82, 2.24) is 5.43 Å². The van der Waals surface area contributed by atoms with Gasteiger partial charge in [-0.25, -0.2) is 5.43 Å². The van der Waals surface area contributed by atoms with Gasteiger partial charge in [-0.2, -0.15) is 10.4 Å². The van der Waals surface area contributed by atoms with E-state index in [-0.39, 0.29) is 6.61 Å². The minimum atomic E-state index is -0.391. The lowest BCUT2D eigenvalue weighted by Crippen LogP contribution is -2.25. The third kappa shape index (κ3) is 6.44. The van der Waals surface area contributed by atoms with Gasteiger partial charge < -0.3 is 9.64 Å². The summed E-state index contributed by atoms with van der Waals surface area (Å²) >= 11 is 0. The number of rotatable bonds is 10. The molecular weight excluding hydrogens is 352 g/mol. The molecule has 2 aromatic rings. The maximum Gasteiger partial charge on any atom is 0.277 e. The molecular formula is C22H26N4O2. The van der Waals surface area contributed by atoms with Gasteiger partial charge in [-0.15, -0.1) is 0 Å². The Kier molecular flexibility index (Phi) is 8.54. The number of nitrogens with zero attached hydrogens (tertiary/aromatic N) is 3. The highest BCUT2D eigenvalue weighted by Gasteiger charge is 2.06. The number of para-hydroxylation sites is 1. The van der Waals surface area contributed by atoms with E-state index in [1.54, 1.807) is 30.5 Å². The Hall–Kier alpha value is -3.33. The molecule has 0 spiro atoms. The van der Waals surface area contributed by atoms with Crippen LogP contribution in [0.1, 0.15) is 37.8 Å². The van der Waals surface area contributed by atoms with Crippen LogP contribution in [0, 0.1) is 11.3 Å². The molecule has 0 heterocycles. The van der Waals surface area contributed by atoms with Crippen LogP contribution in [0.5, 0.6) is 5.75 Å². The molecule has 0 saturated carbocycles. The highest BCUT2D eigenvalue weighted by atomic mass is 16.5. The first kappa shape index (κ1) is 21.0. The average molecular weight is 378 g/mol. The number of nitrogens with one attached hydrogen (secondary N) is 1. The summed E-state index contributed by atoms with van der Waals surface area (Å²) in [5.74, 6) is -0.0129. The first-order valence-corrected chi connectivity index (χ1v) is 9.46. The molecule has 2 rings (SSSR count). The normalized spacial score (nSPS) is 10.5. The summed E-state index contributed by atoms with van der Waals surface area (Å²) in [6, 6.07) is 16.9. The monoisotopic (exact) mass is 378 g/mol. The minimum absolute atomic E-state index is 0.210. The number of hydrogen-bond donors (Lipinski definition) is 1. The van der Waals surface area contributed by atoms with Crippen LogP contribution in [0.2, 0.25) is 0 Å². The van der Waals surface area contributed by atoms with Crippen molar-refractivity contribution in [3.63, 3.8) is 0 Å². The average Bonchev–Trinajstić information content (AvgIpc) is 2.73. The summed E-state index contributed by atoms with van der Waals surface area (Å²) in [5, 5.41) is 13.0. The van der Waals surface area contributed by atoms with Gasteiger partial charge in [0.1, 0.15) is 11.8 Å². The van der Waals surface area contributed by atoms with Gasteiger partial charge in [-0.1, -0.05) is 38.1 Å². The van der Waals surface area contributed by atoms with Crippen molar-refractivity contribution >= 4 is 17.8 Å². The quantitative estimate of drug-likeness (QED) is 0.505. The number of anilines is 1. The Labute approximate surface area is 166 Å². The van der Waals surface area contributed by atoms with E-state index in [9.17, 15) is 4.79 Å². The van der Waals surface area contributed by atoms with Crippen LogP contribution in [-0.4, -0.2) is 31.8 Å². The standard InChI is InChI=1S/C22H26N4O2/c1-3-13-26(14-4-2)20-11-9-18(10-12-20)16-24-25-22(27)17-28-21-8-6-5-7-19(21)15-23/h5-12,16H,3-4,13-14,17H2,1-2H3,(H,25,27)/b24-16+. The van der Waals surface area contributed by atoms with E-state index >= 15 is 0 Å². The summed E-state index contributed by atoms with van der Waals surface area (Å²) in [4.78, 5) is 14.2. The molecule has 0 atom stereocenters. The van der Waals surface area contributed by atoms with Gasteiger partial charge in [0.15, 0.2) is 6.61 Å². The number of hydrogen-bond acceptors (Lipinski definition) is 5. The molecule has 0 fully saturated rings. The Bertz CT molecular complexity index is 819. The predicted octanol–water partition coefficient (Wildman–Crippen LogP) is 3.71. The predicted molar refractivity (Wildman–Crippen MR) is 112 cm³/mol. The molecule has 0 aliphatic rings. The molecule has 6 heteroatoms. The first-order chi connectivity index (χ1) is 13.7. The smallest absolute Gasteiger partial charge is 0.277 e. The Balaban J connectivity index is 1.85. The van der Waals surface area contributed by atoms with Gasteiger partial charge in [-0.3, -0.25) is 4.79 Å². The van der Waals surface area contributed by atoms with E-state index in [4.69, 9.17) is 10.00 Å². The Morgan fingerprint density at radius 2 is 1.82 bits per heavy atom. The SMILES string of the molecule is CCCN(CCC)c1ccc(/C=N/NC(=O)COc2ccccc2C#N)cc1. The Morgan fingerprint density at radius 1 is 1.14 bits per heavy atom. The molecule has 146 valence electrons. The minimum Gasteiger partial charge on any atom is -0.482 e. The maximum absolute atomic E-state index is 11.9. The van der Waals surface area contributed by atoms with Crippen LogP contribution >= 0.6 is 0 Å². The van der Waals surface area contributed by atoms with E-state index in [1.165, 1.54) is 5.69 Å². The molecule has 28 heavy (non-hydrogen) atoms. The van der Waals surface area contributed by atoms with Crippen molar-refractivity contribution in [2.75, 3.05) is 24.6 Å². The Morgan fingerprint density at radius 3 is 2.46 bits per heavy atom. The van der Waals surface area contributed by atoms with Crippen molar-refractivity contribution in [3.05, 3.63) is 59.7 Å². The largest absolute Gasteiger partial charge is 0.482 e. The number of carbonyl (C=O) groups is 1. The molecule has 0 aromatic heterocycles. The fourth-order valence-corrected chi connectivity index (χ4v) is 2.72. The van der Waals surface area contributed by atoms with Gasteiger partial charge in [-0.05, 0) is 42.7 Å². The highest BCUT2D eigenvalue weighted by molar-refractivity contribution is 5.83. The van der Waals surface area contributed by atoms with E-state index in [0.29, 0.717) is 11.3 Å². The van der Waals surface area contributed by atoms with Gasteiger partial charge in [0, 0.05) is 18.8 Å². The van der Waals surface area contributed by atoms with Crippen molar-refractivity contribution in [2.24, 2.45) is 5.10 Å². The fourth-order valence-electron chi connectivity index (χ4n) is 2.72. The van der Waals surface area contributed by atoms with Crippen molar-refractivity contribution < 1.29 is 9.53 Å². The molecule has 0 saturated heterocycles. The fraction of sp³-hybridized carbons (Fsp3) is 0.318. The highest BCUT2D eigenvalue weighted by Crippen LogP contribution is 2.16. The molecule has 6 nitrogen and oxygen atoms in total. The maximum atomic E-state index is 11.9. The lowest BCUT2D eigenvalue weighted by molar-refractivity contribution is -0.123. The number of ether oxygens (including phenoxy) is 1. The third-order valence-electron chi connectivity index (χ3n) is 4.01. The zero-order valence-corrected chi connectivity index (χ0v) is 16.4. The molecule has 0 aliphatic heterocycles. The number of hydrazone groups is 1. The van der Waals surface area contributed by atoms with Crippen molar-refractivity contribution in [1.29, 1.82) is 5.26 Å². The zero-order valence-electron chi connectivity index (χ0n) is 16.4. The summed E-state index contributed by atoms with van der Waals surface area (Å²) in [7, 11) is 0. The number of benzene rings is 2. The molecule has 1 N–H and O–H groups in total. The summed E-state index contributed by atoms with van der Waals surface area (Å²) < 4.78 is 5.37. The topological polar surface area (TPSA) is 77.7 Å². The van der Waals surface area contributed by atoms with E-state index in [1.807, 2.05) is 18.2 Å². The van der Waals surface area contributed by atoms with E-state index in [0.717, 1.165) is 31.5 Å². The van der Waals surface area contributed by atoms with Crippen LogP contribution < -0.4 is 15.1 Å². The molecule has 0 aliphatic carbocycles. The van der Waals surface area contributed by atoms with Crippen LogP contribution in [0.25, 0.3) is 0 Å². The van der Waals surface area contributed by atoms with Gasteiger partial charge in [0.2, 0.25) is 0 Å². The van der Waals surface area contributed by atoms with Crippen LogP contribution in [-0.2, 0) is 4.79 Å². The molecule has 1 amide bonds. The number of amides is 1. The molecule has 0 unspecified atom stereocenters. The number of nitriles is 1. The summed E-state index contributed by atoms with van der Waals surface area (Å²) in [6.45, 7) is 6.21. The molecule has 2 aromatic carbocycles. The second kappa shape index (κ2) is 11.4. The molecule has 0 bridgehead atoms. The van der Waals surface area contributed by atoms with Crippen LogP contribution in [0.3, 0.4) is 0 Å². The third-order valence-corrected chi connectivity index (χ3v) is 4.01. The van der Waals surface area contributed by atoms with E-state index in [2.05, 4.69) is 41.4 Å². The summed E-state index contributed by atoms with van der Waals surface area (Å²) in [6.07, 6.45) is 3.81. The van der Waals surface area contributed by atoms with Crippen molar-refractivity contribution in [2.45, 2.75) is 26.7 Å². The van der Waals surface area contributed by atoms with E-state index < -0.39 is 5.91 Å². The van der Waals surface area contributed by atoms with Gasteiger partial charge >= 0.3 is 0 Å². The second-order valence-corrected chi connectivity index (χ2v) is 6.27. The zero-order chi connectivity index (χ0) is 20.2. The lowest BCUT2D eigenvalue weighted by Gasteiger charge is -2.23. The second-order valence-electron chi connectivity index (χ2n) is 6.27. The number of carbonyl (C=O) groups excluding carboxylic acids is 1. The van der Waals surface area contributed by atoms with Crippen molar-refractivity contribution in [3.8, 4) is 11.8 Å². The first-order valence-electron chi connectivity index (χ1n) is 9.46.